The van der Waals surface area contributed by atoms with Crippen LogP contribution in [0.2, 0.25) is 10.2 Å². The number of aromatic nitrogens is 1. The molecule has 4 heteroatoms. The molecule has 0 aromatic carbocycles. The molecule has 1 aromatic heterocycles. The summed E-state index contributed by atoms with van der Waals surface area (Å²) in [6.07, 6.45) is 3.63. The quantitative estimate of drug-likeness (QED) is 0.711. The van der Waals surface area contributed by atoms with Crippen molar-refractivity contribution in [3.63, 3.8) is 0 Å². The van der Waals surface area contributed by atoms with Crippen molar-refractivity contribution in [1.29, 1.82) is 0 Å². The number of nitrogens with two attached hydrogens (primary N) is 1. The minimum Gasteiger partial charge on any atom is -0.321 e. The van der Waals surface area contributed by atoms with E-state index in [0.717, 1.165) is 18.4 Å². The summed E-state index contributed by atoms with van der Waals surface area (Å²) in [6, 6.07) is 1.63. The topological polar surface area (TPSA) is 38.9 Å². The highest BCUT2D eigenvalue weighted by Crippen LogP contribution is 2.45. The Hall–Kier alpha value is -0.310. The number of halogens is 2. The van der Waals surface area contributed by atoms with Crippen LogP contribution in [-0.4, -0.2) is 4.98 Å². The first-order valence-electron chi connectivity index (χ1n) is 3.72. The van der Waals surface area contributed by atoms with Crippen LogP contribution in [0, 0.1) is 0 Å². The molecule has 0 amide bonds. The Morgan fingerprint density at radius 2 is 2.08 bits per heavy atom. The Kier molecular flexibility index (Phi) is 1.79. The fourth-order valence-corrected chi connectivity index (χ4v) is 1.73. The van der Waals surface area contributed by atoms with E-state index in [1.54, 1.807) is 12.3 Å². The highest BCUT2D eigenvalue weighted by molar-refractivity contribution is 6.34. The Bertz CT molecular complexity index is 321. The van der Waals surface area contributed by atoms with E-state index in [1.807, 2.05) is 0 Å². The van der Waals surface area contributed by atoms with Gasteiger partial charge in [-0.25, -0.2) is 4.98 Å². The van der Waals surface area contributed by atoms with Gasteiger partial charge in [0.05, 0.1) is 5.02 Å². The lowest BCUT2D eigenvalue weighted by atomic mass is 10.1. The van der Waals surface area contributed by atoms with E-state index < -0.39 is 0 Å². The van der Waals surface area contributed by atoms with Crippen LogP contribution in [0.1, 0.15) is 18.4 Å². The standard InChI is InChI=1S/C8H8Cl2N2/c9-6-3-7(10)12-4-5(6)8(11)1-2-8/h3-4H,1-2,11H2. The zero-order chi connectivity index (χ0) is 8.77. The lowest BCUT2D eigenvalue weighted by molar-refractivity contribution is 0.735. The molecule has 0 spiro atoms. The van der Waals surface area contributed by atoms with E-state index in [2.05, 4.69) is 4.98 Å². The highest BCUT2D eigenvalue weighted by atomic mass is 35.5. The summed E-state index contributed by atoms with van der Waals surface area (Å²) in [5, 5.41) is 1.03. The summed E-state index contributed by atoms with van der Waals surface area (Å²) < 4.78 is 0. The average Bonchev–Trinajstić information content (AvgIpc) is 2.68. The third-order valence-corrected chi connectivity index (χ3v) is 2.66. The van der Waals surface area contributed by atoms with Crippen molar-refractivity contribution in [3.8, 4) is 0 Å². The molecule has 1 saturated carbocycles. The van der Waals surface area contributed by atoms with Gasteiger partial charge in [-0.2, -0.15) is 0 Å². The Morgan fingerprint density at radius 3 is 2.58 bits per heavy atom. The molecule has 1 aromatic rings. The van der Waals surface area contributed by atoms with Gasteiger partial charge in [0, 0.05) is 17.3 Å². The van der Waals surface area contributed by atoms with Crippen LogP contribution in [0.3, 0.4) is 0 Å². The van der Waals surface area contributed by atoms with Crippen LogP contribution in [0.4, 0.5) is 0 Å². The van der Waals surface area contributed by atoms with Crippen LogP contribution in [-0.2, 0) is 5.54 Å². The molecule has 1 aliphatic rings. The predicted octanol–water partition coefficient (Wildman–Crippen LogP) is 2.34. The van der Waals surface area contributed by atoms with Gasteiger partial charge in [-0.3, -0.25) is 0 Å². The molecule has 0 saturated heterocycles. The van der Waals surface area contributed by atoms with Gasteiger partial charge in [-0.15, -0.1) is 0 Å². The summed E-state index contributed by atoms with van der Waals surface area (Å²) in [5.74, 6) is 0. The van der Waals surface area contributed by atoms with Gasteiger partial charge in [0.1, 0.15) is 5.15 Å². The SMILES string of the molecule is NC1(c2cnc(Cl)cc2Cl)CC1. The fourth-order valence-electron chi connectivity index (χ4n) is 1.18. The van der Waals surface area contributed by atoms with E-state index in [9.17, 15) is 0 Å². The van der Waals surface area contributed by atoms with Crippen molar-refractivity contribution < 1.29 is 0 Å². The van der Waals surface area contributed by atoms with Crippen LogP contribution >= 0.6 is 23.2 Å². The summed E-state index contributed by atoms with van der Waals surface area (Å²) >= 11 is 11.6. The van der Waals surface area contributed by atoms with Crippen LogP contribution < -0.4 is 5.73 Å². The molecule has 2 nitrogen and oxygen atoms in total. The van der Waals surface area contributed by atoms with Gasteiger partial charge >= 0.3 is 0 Å². The third-order valence-electron chi connectivity index (χ3n) is 2.15. The normalized spacial score (nSPS) is 19.2. The average molecular weight is 203 g/mol. The Labute approximate surface area is 80.7 Å². The monoisotopic (exact) mass is 202 g/mol. The second-order valence-corrected chi connectivity index (χ2v) is 3.94. The van der Waals surface area contributed by atoms with E-state index in [4.69, 9.17) is 28.9 Å². The zero-order valence-electron chi connectivity index (χ0n) is 6.35. The molecule has 12 heavy (non-hydrogen) atoms. The highest BCUT2D eigenvalue weighted by Gasteiger charge is 2.41. The maximum absolute atomic E-state index is 5.95. The second-order valence-electron chi connectivity index (χ2n) is 3.14. The number of hydrogen-bond donors (Lipinski definition) is 1. The van der Waals surface area contributed by atoms with E-state index in [-0.39, 0.29) is 5.54 Å². The number of hydrogen-bond acceptors (Lipinski definition) is 2. The molecule has 1 fully saturated rings. The van der Waals surface area contributed by atoms with Crippen LogP contribution in [0.15, 0.2) is 12.3 Å². The van der Waals surface area contributed by atoms with Gasteiger partial charge in [0.25, 0.3) is 0 Å². The number of nitrogens with zero attached hydrogens (tertiary/aromatic N) is 1. The minimum atomic E-state index is -0.228. The Morgan fingerprint density at radius 1 is 1.42 bits per heavy atom. The summed E-state index contributed by atoms with van der Waals surface area (Å²) in [4.78, 5) is 3.95. The fraction of sp³-hybridized carbons (Fsp3) is 0.375. The van der Waals surface area contributed by atoms with E-state index >= 15 is 0 Å². The molecule has 1 aliphatic carbocycles. The van der Waals surface area contributed by atoms with Crippen LogP contribution in [0.5, 0.6) is 0 Å². The van der Waals surface area contributed by atoms with Crippen molar-refractivity contribution >= 4 is 23.2 Å². The maximum Gasteiger partial charge on any atom is 0.130 e. The van der Waals surface area contributed by atoms with Crippen LogP contribution in [0.25, 0.3) is 0 Å². The molecule has 2 rings (SSSR count). The summed E-state index contributed by atoms with van der Waals surface area (Å²) in [7, 11) is 0. The molecular weight excluding hydrogens is 195 g/mol. The molecule has 0 radical (unpaired) electrons. The molecule has 2 N–H and O–H groups in total. The maximum atomic E-state index is 5.95. The van der Waals surface area contributed by atoms with Gasteiger partial charge < -0.3 is 5.73 Å². The molecule has 0 atom stereocenters. The van der Waals surface area contributed by atoms with E-state index in [0.29, 0.717) is 10.2 Å². The predicted molar refractivity (Wildman–Crippen MR) is 49.4 cm³/mol. The minimum absolute atomic E-state index is 0.228. The second kappa shape index (κ2) is 2.59. The smallest absolute Gasteiger partial charge is 0.130 e. The third kappa shape index (κ3) is 1.30. The first-order valence-corrected chi connectivity index (χ1v) is 4.48. The van der Waals surface area contributed by atoms with Crippen molar-refractivity contribution in [2.45, 2.75) is 18.4 Å². The zero-order valence-corrected chi connectivity index (χ0v) is 7.86. The number of rotatable bonds is 1. The van der Waals surface area contributed by atoms with Crippen molar-refractivity contribution in [2.75, 3.05) is 0 Å². The molecule has 64 valence electrons. The first-order chi connectivity index (χ1) is 5.62. The van der Waals surface area contributed by atoms with Gasteiger partial charge in [0.15, 0.2) is 0 Å². The molecule has 1 heterocycles. The molecule has 0 unspecified atom stereocenters. The summed E-state index contributed by atoms with van der Waals surface area (Å²) in [6.45, 7) is 0. The largest absolute Gasteiger partial charge is 0.321 e. The van der Waals surface area contributed by atoms with Crippen molar-refractivity contribution in [2.24, 2.45) is 5.73 Å². The molecule has 0 bridgehead atoms. The molecular formula is C8H8Cl2N2. The molecule has 0 aliphatic heterocycles. The summed E-state index contributed by atoms with van der Waals surface area (Å²) in [5.41, 5.74) is 6.63. The van der Waals surface area contributed by atoms with Crippen molar-refractivity contribution in [3.05, 3.63) is 28.0 Å². The first kappa shape index (κ1) is 8.30. The van der Waals surface area contributed by atoms with Crippen molar-refractivity contribution in [1.82, 2.24) is 4.98 Å². The van der Waals surface area contributed by atoms with E-state index in [1.165, 1.54) is 0 Å². The lowest BCUT2D eigenvalue weighted by Gasteiger charge is -2.09. The lowest BCUT2D eigenvalue weighted by Crippen LogP contribution is -2.19. The van der Waals surface area contributed by atoms with Gasteiger partial charge in [0.2, 0.25) is 0 Å². The number of pyridine rings is 1. The van der Waals surface area contributed by atoms with Gasteiger partial charge in [-0.1, -0.05) is 23.2 Å². The van der Waals surface area contributed by atoms with Gasteiger partial charge in [-0.05, 0) is 18.9 Å². The Balaban J connectivity index is 2.45.